The lowest BCUT2D eigenvalue weighted by Crippen LogP contribution is -2.54. The molecule has 1 heterocycles. The van der Waals surface area contributed by atoms with Gasteiger partial charge in [-0.15, -0.1) is 11.8 Å². The average molecular weight is 329 g/mol. The van der Waals surface area contributed by atoms with Gasteiger partial charge in [0.1, 0.15) is 10.6 Å². The summed E-state index contributed by atoms with van der Waals surface area (Å²) in [6.07, 6.45) is 5.34. The van der Waals surface area contributed by atoms with Gasteiger partial charge in [-0.2, -0.15) is 0 Å². The fraction of sp³-hybridized carbons (Fsp3) is 0.600. The molecule has 0 bridgehead atoms. The number of hydrogen-bond acceptors (Lipinski definition) is 5. The molecule has 1 aliphatic carbocycles. The maximum atomic E-state index is 12.3. The van der Waals surface area contributed by atoms with Crippen LogP contribution in [0.1, 0.15) is 32.6 Å². The van der Waals surface area contributed by atoms with E-state index in [9.17, 15) is 4.79 Å². The van der Waals surface area contributed by atoms with E-state index in [-0.39, 0.29) is 5.97 Å². The lowest BCUT2D eigenvalue weighted by Gasteiger charge is -2.38. The van der Waals surface area contributed by atoms with Crippen molar-refractivity contribution < 1.29 is 9.53 Å². The minimum absolute atomic E-state index is 0.148. The van der Waals surface area contributed by atoms with E-state index in [1.165, 1.54) is 0 Å². The number of nitrogens with one attached hydrogen (secondary N) is 1. The molecule has 0 spiro atoms. The van der Waals surface area contributed by atoms with E-state index in [0.29, 0.717) is 16.9 Å². The van der Waals surface area contributed by atoms with Gasteiger partial charge < -0.3 is 10.1 Å². The highest BCUT2D eigenvalue weighted by molar-refractivity contribution is 8.00. The molecular weight excluding hydrogens is 308 g/mol. The van der Waals surface area contributed by atoms with E-state index in [1.54, 1.807) is 18.0 Å². The second-order valence-corrected chi connectivity index (χ2v) is 6.88. The first kappa shape index (κ1) is 16.6. The summed E-state index contributed by atoms with van der Waals surface area (Å²) >= 11 is 7.82. The van der Waals surface area contributed by atoms with Gasteiger partial charge in [0, 0.05) is 11.4 Å². The Bertz CT molecular complexity index is 500. The van der Waals surface area contributed by atoms with Crippen molar-refractivity contribution in [1.82, 2.24) is 10.3 Å². The van der Waals surface area contributed by atoms with Crippen LogP contribution in [0.2, 0.25) is 5.02 Å². The van der Waals surface area contributed by atoms with Gasteiger partial charge in [0.25, 0.3) is 0 Å². The van der Waals surface area contributed by atoms with Crippen LogP contribution in [0.3, 0.4) is 0 Å². The van der Waals surface area contributed by atoms with E-state index in [0.717, 1.165) is 30.7 Å². The van der Waals surface area contributed by atoms with Crippen LogP contribution in [0.15, 0.2) is 23.4 Å². The number of likely N-dealkylation sites (N-methyl/N-ethyl adjacent to an activating group) is 1. The molecule has 2 atom stereocenters. The largest absolute Gasteiger partial charge is 0.465 e. The van der Waals surface area contributed by atoms with Crippen LogP contribution in [0.4, 0.5) is 0 Å². The average Bonchev–Trinajstić information content (AvgIpc) is 2.50. The van der Waals surface area contributed by atoms with Crippen molar-refractivity contribution >= 4 is 29.3 Å². The second-order valence-electron chi connectivity index (χ2n) is 5.18. The lowest BCUT2D eigenvalue weighted by molar-refractivity contribution is -0.152. The second kappa shape index (κ2) is 7.47. The number of thioether (sulfide) groups is 1. The molecule has 1 aliphatic rings. The zero-order valence-electron chi connectivity index (χ0n) is 12.4. The molecule has 0 aromatic carbocycles. The molecule has 0 radical (unpaired) electrons. The summed E-state index contributed by atoms with van der Waals surface area (Å²) in [5.74, 6) is -0.148. The standard InChI is InChI=1S/C15H21ClN2O2S/c1-3-20-14(19)15(17-2)8-4-6-11(10-15)21-13-12(16)7-5-9-18-13/h5,7,9,11,17H,3-4,6,8,10H2,1-2H3. The van der Waals surface area contributed by atoms with Crippen molar-refractivity contribution in [3.63, 3.8) is 0 Å². The van der Waals surface area contributed by atoms with Gasteiger partial charge in [-0.3, -0.25) is 4.79 Å². The number of rotatable bonds is 5. The third-order valence-corrected chi connectivity index (χ3v) is 5.55. The van der Waals surface area contributed by atoms with Crippen molar-refractivity contribution in [3.05, 3.63) is 23.4 Å². The van der Waals surface area contributed by atoms with Gasteiger partial charge in [0.15, 0.2) is 0 Å². The van der Waals surface area contributed by atoms with Gasteiger partial charge >= 0.3 is 5.97 Å². The molecule has 1 N–H and O–H groups in total. The molecule has 1 fully saturated rings. The molecule has 0 aliphatic heterocycles. The molecule has 6 heteroatoms. The number of hydrogen-bond donors (Lipinski definition) is 1. The molecule has 0 saturated heterocycles. The highest BCUT2D eigenvalue weighted by atomic mass is 35.5. The van der Waals surface area contributed by atoms with Gasteiger partial charge in [0.2, 0.25) is 0 Å². The Labute approximate surface area is 135 Å². The summed E-state index contributed by atoms with van der Waals surface area (Å²) in [7, 11) is 1.83. The summed E-state index contributed by atoms with van der Waals surface area (Å²) < 4.78 is 5.25. The molecule has 1 aromatic rings. The van der Waals surface area contributed by atoms with Crippen molar-refractivity contribution in [2.24, 2.45) is 0 Å². The van der Waals surface area contributed by atoms with Crippen molar-refractivity contribution in [3.8, 4) is 0 Å². The lowest BCUT2D eigenvalue weighted by atomic mass is 9.81. The van der Waals surface area contributed by atoms with Gasteiger partial charge in [-0.05, 0) is 51.8 Å². The normalized spacial score (nSPS) is 25.6. The minimum Gasteiger partial charge on any atom is -0.465 e. The van der Waals surface area contributed by atoms with E-state index in [2.05, 4.69) is 10.3 Å². The van der Waals surface area contributed by atoms with Crippen LogP contribution in [-0.4, -0.2) is 35.4 Å². The van der Waals surface area contributed by atoms with Crippen molar-refractivity contribution in [2.75, 3.05) is 13.7 Å². The highest BCUT2D eigenvalue weighted by Gasteiger charge is 2.43. The van der Waals surface area contributed by atoms with Crippen molar-refractivity contribution in [1.29, 1.82) is 0 Å². The van der Waals surface area contributed by atoms with Crippen LogP contribution < -0.4 is 5.32 Å². The number of ether oxygens (including phenoxy) is 1. The number of halogens is 1. The van der Waals surface area contributed by atoms with E-state index < -0.39 is 5.54 Å². The van der Waals surface area contributed by atoms with Gasteiger partial charge in [-0.25, -0.2) is 4.98 Å². The highest BCUT2D eigenvalue weighted by Crippen LogP contribution is 2.39. The third-order valence-electron chi connectivity index (χ3n) is 3.85. The Morgan fingerprint density at radius 1 is 1.67 bits per heavy atom. The Morgan fingerprint density at radius 2 is 2.48 bits per heavy atom. The summed E-state index contributed by atoms with van der Waals surface area (Å²) in [6.45, 7) is 2.25. The number of carbonyl (C=O) groups is 1. The first-order valence-corrected chi connectivity index (χ1v) is 8.50. The number of carbonyl (C=O) groups excluding carboxylic acids is 1. The summed E-state index contributed by atoms with van der Waals surface area (Å²) in [4.78, 5) is 16.6. The van der Waals surface area contributed by atoms with Crippen LogP contribution in [0.25, 0.3) is 0 Å². The molecule has 1 aromatic heterocycles. The Hall–Kier alpha value is -0.780. The quantitative estimate of drug-likeness (QED) is 0.840. The van der Waals surface area contributed by atoms with E-state index in [4.69, 9.17) is 16.3 Å². The fourth-order valence-electron chi connectivity index (χ4n) is 2.72. The monoisotopic (exact) mass is 328 g/mol. The smallest absolute Gasteiger partial charge is 0.326 e. The van der Waals surface area contributed by atoms with Crippen LogP contribution in [-0.2, 0) is 9.53 Å². The number of pyridine rings is 1. The molecule has 21 heavy (non-hydrogen) atoms. The maximum Gasteiger partial charge on any atom is 0.326 e. The van der Waals surface area contributed by atoms with Crippen LogP contribution >= 0.6 is 23.4 Å². The van der Waals surface area contributed by atoms with Gasteiger partial charge in [0.05, 0.1) is 11.6 Å². The first-order chi connectivity index (χ1) is 10.1. The number of esters is 1. The predicted octanol–water partition coefficient (Wildman–Crippen LogP) is 3.29. The fourth-order valence-corrected chi connectivity index (χ4v) is 4.25. The molecule has 1 saturated carbocycles. The zero-order valence-corrected chi connectivity index (χ0v) is 14.0. The molecule has 4 nitrogen and oxygen atoms in total. The van der Waals surface area contributed by atoms with E-state index in [1.807, 2.05) is 26.1 Å². The Kier molecular flexibility index (Phi) is 5.90. The minimum atomic E-state index is -0.576. The topological polar surface area (TPSA) is 51.2 Å². The zero-order chi connectivity index (χ0) is 15.3. The Balaban J connectivity index is 2.09. The molecule has 2 rings (SSSR count). The SMILES string of the molecule is CCOC(=O)C1(NC)CCCC(Sc2ncccc2Cl)C1. The third kappa shape index (κ3) is 3.90. The molecule has 2 unspecified atom stereocenters. The molecule has 0 amide bonds. The summed E-state index contributed by atoms with van der Waals surface area (Å²) in [6, 6.07) is 3.67. The summed E-state index contributed by atoms with van der Waals surface area (Å²) in [5, 5.41) is 5.00. The maximum absolute atomic E-state index is 12.3. The first-order valence-electron chi connectivity index (χ1n) is 7.24. The van der Waals surface area contributed by atoms with Gasteiger partial charge in [-0.1, -0.05) is 11.6 Å². The number of aromatic nitrogens is 1. The van der Waals surface area contributed by atoms with Crippen LogP contribution in [0.5, 0.6) is 0 Å². The summed E-state index contributed by atoms with van der Waals surface area (Å²) in [5.41, 5.74) is -0.576. The Morgan fingerprint density at radius 3 is 3.14 bits per heavy atom. The predicted molar refractivity (Wildman–Crippen MR) is 85.8 cm³/mol. The number of nitrogens with zero attached hydrogens (tertiary/aromatic N) is 1. The van der Waals surface area contributed by atoms with Crippen LogP contribution in [0, 0.1) is 0 Å². The molecule has 116 valence electrons. The van der Waals surface area contributed by atoms with Crippen molar-refractivity contribution in [2.45, 2.75) is 48.4 Å². The molecular formula is C15H21ClN2O2S. The van der Waals surface area contributed by atoms with E-state index >= 15 is 0 Å².